The lowest BCUT2D eigenvalue weighted by Gasteiger charge is -2.20. The summed E-state index contributed by atoms with van der Waals surface area (Å²) in [6, 6.07) is 5.98. The third-order valence-electron chi connectivity index (χ3n) is 3.83. The molecule has 1 aliphatic heterocycles. The lowest BCUT2D eigenvalue weighted by Crippen LogP contribution is -2.41. The van der Waals surface area contributed by atoms with Gasteiger partial charge in [-0.25, -0.2) is 0 Å². The van der Waals surface area contributed by atoms with Crippen molar-refractivity contribution >= 4 is 29.9 Å². The van der Waals surface area contributed by atoms with Crippen LogP contribution in [0.15, 0.2) is 23.2 Å². The molecule has 0 unspecified atom stereocenters. The molecule has 0 spiro atoms. The van der Waals surface area contributed by atoms with Crippen LogP contribution in [0, 0.1) is 0 Å². The van der Waals surface area contributed by atoms with E-state index in [2.05, 4.69) is 34.4 Å². The molecule has 1 heterocycles. The van der Waals surface area contributed by atoms with Crippen LogP contribution in [0.3, 0.4) is 0 Å². The molecule has 0 bridgehead atoms. The highest BCUT2D eigenvalue weighted by Gasteiger charge is 2.13. The predicted molar refractivity (Wildman–Crippen MR) is 109 cm³/mol. The van der Waals surface area contributed by atoms with E-state index in [4.69, 9.17) is 9.47 Å². The Hall–Kier alpha value is -1.22. The fourth-order valence-corrected chi connectivity index (χ4v) is 2.53. The Morgan fingerprint density at radius 2 is 1.96 bits per heavy atom. The summed E-state index contributed by atoms with van der Waals surface area (Å²) >= 11 is 0. The highest BCUT2D eigenvalue weighted by atomic mass is 127. The maximum absolute atomic E-state index is 5.40. The standard InChI is InChI=1S/C17H28N4O2.HI/c1-4-9-21(5-2)10-8-19-17(18-3)20-12-14-6-7-15-16(11-14)23-13-22-15;/h6-7,11H,4-5,8-10,12-13H2,1-3H3,(H2,18,19,20);1H. The van der Waals surface area contributed by atoms with Crippen LogP contribution in [0.4, 0.5) is 0 Å². The Morgan fingerprint density at radius 3 is 2.67 bits per heavy atom. The van der Waals surface area contributed by atoms with Gasteiger partial charge in [0.05, 0.1) is 0 Å². The van der Waals surface area contributed by atoms with Crippen LogP contribution < -0.4 is 20.1 Å². The average Bonchev–Trinajstić information content (AvgIpc) is 3.04. The number of ether oxygens (including phenoxy) is 2. The van der Waals surface area contributed by atoms with Crippen LogP contribution in [0.1, 0.15) is 25.8 Å². The molecule has 0 amide bonds. The molecule has 0 fully saturated rings. The number of likely N-dealkylation sites (N-methyl/N-ethyl adjacent to an activating group) is 1. The molecule has 2 N–H and O–H groups in total. The van der Waals surface area contributed by atoms with E-state index in [1.807, 2.05) is 18.2 Å². The van der Waals surface area contributed by atoms with E-state index in [-0.39, 0.29) is 24.0 Å². The Bertz CT molecular complexity index is 525. The van der Waals surface area contributed by atoms with Gasteiger partial charge in [0.1, 0.15) is 0 Å². The normalized spacial score (nSPS) is 12.9. The van der Waals surface area contributed by atoms with Crippen molar-refractivity contribution in [3.05, 3.63) is 23.8 Å². The maximum Gasteiger partial charge on any atom is 0.231 e. The minimum absolute atomic E-state index is 0. The largest absolute Gasteiger partial charge is 0.454 e. The second kappa shape index (κ2) is 11.4. The van der Waals surface area contributed by atoms with Gasteiger partial charge in [0.15, 0.2) is 17.5 Å². The van der Waals surface area contributed by atoms with Crippen molar-refractivity contribution in [2.75, 3.05) is 40.0 Å². The minimum atomic E-state index is 0. The molecule has 1 aromatic rings. The average molecular weight is 448 g/mol. The van der Waals surface area contributed by atoms with Gasteiger partial charge >= 0.3 is 0 Å². The lowest BCUT2D eigenvalue weighted by atomic mass is 10.2. The quantitative estimate of drug-likeness (QED) is 0.364. The summed E-state index contributed by atoms with van der Waals surface area (Å²) in [5.41, 5.74) is 1.14. The number of guanidine groups is 1. The number of fused-ring (bicyclic) bond motifs is 1. The van der Waals surface area contributed by atoms with Crippen LogP contribution in [-0.2, 0) is 6.54 Å². The van der Waals surface area contributed by atoms with Crippen LogP contribution in [-0.4, -0.2) is 50.9 Å². The van der Waals surface area contributed by atoms with Gasteiger partial charge < -0.3 is 25.0 Å². The third kappa shape index (κ3) is 6.35. The molecule has 1 aliphatic rings. The second-order valence-corrected chi connectivity index (χ2v) is 5.47. The summed E-state index contributed by atoms with van der Waals surface area (Å²) in [6.07, 6.45) is 1.19. The van der Waals surface area contributed by atoms with Gasteiger partial charge in [0, 0.05) is 26.7 Å². The van der Waals surface area contributed by atoms with Gasteiger partial charge in [-0.05, 0) is 37.2 Å². The van der Waals surface area contributed by atoms with Gasteiger partial charge in [-0.2, -0.15) is 0 Å². The van der Waals surface area contributed by atoms with Gasteiger partial charge in [-0.3, -0.25) is 4.99 Å². The number of hydrogen-bond acceptors (Lipinski definition) is 4. The number of halogens is 1. The van der Waals surface area contributed by atoms with Gasteiger partial charge in [0.25, 0.3) is 0 Å². The van der Waals surface area contributed by atoms with E-state index in [1.165, 1.54) is 6.42 Å². The minimum Gasteiger partial charge on any atom is -0.454 e. The van der Waals surface area contributed by atoms with Crippen molar-refractivity contribution in [3.8, 4) is 11.5 Å². The maximum atomic E-state index is 5.40. The molecule has 0 atom stereocenters. The van der Waals surface area contributed by atoms with Crippen LogP contribution >= 0.6 is 24.0 Å². The number of hydrogen-bond donors (Lipinski definition) is 2. The Labute approximate surface area is 162 Å². The summed E-state index contributed by atoms with van der Waals surface area (Å²) < 4.78 is 10.7. The molecule has 0 saturated carbocycles. The highest BCUT2D eigenvalue weighted by molar-refractivity contribution is 14.0. The first-order chi connectivity index (χ1) is 11.3. The number of nitrogens with zero attached hydrogens (tertiary/aromatic N) is 2. The number of rotatable bonds is 8. The number of aliphatic imine (C=N–C) groups is 1. The van der Waals surface area contributed by atoms with Crippen LogP contribution in [0.5, 0.6) is 11.5 Å². The smallest absolute Gasteiger partial charge is 0.231 e. The topological polar surface area (TPSA) is 58.1 Å². The molecule has 0 aliphatic carbocycles. The zero-order chi connectivity index (χ0) is 16.5. The summed E-state index contributed by atoms with van der Waals surface area (Å²) in [7, 11) is 1.79. The lowest BCUT2D eigenvalue weighted by molar-refractivity contribution is 0.174. The molecule has 0 radical (unpaired) electrons. The summed E-state index contributed by atoms with van der Waals surface area (Å²) in [6.45, 7) is 9.54. The van der Waals surface area contributed by atoms with E-state index in [0.29, 0.717) is 13.3 Å². The van der Waals surface area contributed by atoms with Crippen LogP contribution in [0.2, 0.25) is 0 Å². The molecule has 0 saturated heterocycles. The third-order valence-corrected chi connectivity index (χ3v) is 3.83. The predicted octanol–water partition coefficient (Wildman–Crippen LogP) is 2.43. The first kappa shape index (κ1) is 20.8. The molecular weight excluding hydrogens is 419 g/mol. The van der Waals surface area contributed by atoms with E-state index < -0.39 is 0 Å². The summed E-state index contributed by atoms with van der Waals surface area (Å²) in [4.78, 5) is 6.69. The molecular formula is C17H29IN4O2. The van der Waals surface area contributed by atoms with Crippen molar-refractivity contribution in [2.45, 2.75) is 26.8 Å². The monoisotopic (exact) mass is 448 g/mol. The first-order valence-corrected chi connectivity index (χ1v) is 8.32. The van der Waals surface area contributed by atoms with Crippen molar-refractivity contribution in [1.29, 1.82) is 0 Å². The van der Waals surface area contributed by atoms with E-state index >= 15 is 0 Å². The van der Waals surface area contributed by atoms with E-state index in [1.54, 1.807) is 7.05 Å². The summed E-state index contributed by atoms with van der Waals surface area (Å²) in [5, 5.41) is 6.68. The Kier molecular flexibility index (Phi) is 9.85. The SMILES string of the molecule is CCCN(CC)CCNC(=NC)NCc1ccc2c(c1)OCO2.I. The second-order valence-electron chi connectivity index (χ2n) is 5.47. The molecule has 2 rings (SSSR count). The summed E-state index contributed by atoms with van der Waals surface area (Å²) in [5.74, 6) is 2.44. The molecule has 1 aromatic carbocycles. The van der Waals surface area contributed by atoms with Gasteiger partial charge in [-0.1, -0.05) is 19.9 Å². The molecule has 24 heavy (non-hydrogen) atoms. The molecule has 6 nitrogen and oxygen atoms in total. The zero-order valence-electron chi connectivity index (χ0n) is 14.8. The van der Waals surface area contributed by atoms with Crippen molar-refractivity contribution in [1.82, 2.24) is 15.5 Å². The van der Waals surface area contributed by atoms with Gasteiger partial charge in [0.2, 0.25) is 6.79 Å². The molecule has 0 aromatic heterocycles. The van der Waals surface area contributed by atoms with Crippen molar-refractivity contribution in [3.63, 3.8) is 0 Å². The van der Waals surface area contributed by atoms with Crippen molar-refractivity contribution in [2.24, 2.45) is 4.99 Å². The highest BCUT2D eigenvalue weighted by Crippen LogP contribution is 2.32. The van der Waals surface area contributed by atoms with E-state index in [0.717, 1.165) is 49.2 Å². The van der Waals surface area contributed by atoms with Gasteiger partial charge in [-0.15, -0.1) is 24.0 Å². The Morgan fingerprint density at radius 1 is 1.17 bits per heavy atom. The molecule has 7 heteroatoms. The van der Waals surface area contributed by atoms with Crippen molar-refractivity contribution < 1.29 is 9.47 Å². The van der Waals surface area contributed by atoms with Crippen LogP contribution in [0.25, 0.3) is 0 Å². The fourth-order valence-electron chi connectivity index (χ4n) is 2.53. The number of benzene rings is 1. The fraction of sp³-hybridized carbons (Fsp3) is 0.588. The first-order valence-electron chi connectivity index (χ1n) is 8.32. The van der Waals surface area contributed by atoms with E-state index in [9.17, 15) is 0 Å². The number of nitrogens with one attached hydrogen (secondary N) is 2. The molecule has 136 valence electrons. The zero-order valence-corrected chi connectivity index (χ0v) is 17.1. The Balaban J connectivity index is 0.00000288.